The van der Waals surface area contributed by atoms with E-state index in [1.807, 2.05) is 0 Å². The SMILES string of the molecule is NS(=O)(=O)NC1CCC(CO)CC1. The van der Waals surface area contributed by atoms with Crippen LogP contribution in [0.3, 0.4) is 0 Å². The minimum Gasteiger partial charge on any atom is -0.396 e. The predicted molar refractivity (Wildman–Crippen MR) is 49.1 cm³/mol. The van der Waals surface area contributed by atoms with E-state index in [2.05, 4.69) is 4.72 Å². The second-order valence-electron chi connectivity index (χ2n) is 3.56. The molecule has 0 unspecified atom stereocenters. The van der Waals surface area contributed by atoms with Crippen LogP contribution in [0.4, 0.5) is 0 Å². The van der Waals surface area contributed by atoms with Crippen molar-refractivity contribution in [2.45, 2.75) is 31.7 Å². The van der Waals surface area contributed by atoms with Crippen molar-refractivity contribution >= 4 is 10.2 Å². The molecule has 5 nitrogen and oxygen atoms in total. The third-order valence-corrected chi connectivity index (χ3v) is 3.10. The molecule has 13 heavy (non-hydrogen) atoms. The summed E-state index contributed by atoms with van der Waals surface area (Å²) in [7, 11) is -3.56. The standard InChI is InChI=1S/C7H16N2O3S/c8-13(11,12)9-7-3-1-6(5-10)2-4-7/h6-7,9-10H,1-5H2,(H2,8,11,12). The van der Waals surface area contributed by atoms with E-state index in [1.165, 1.54) is 0 Å². The molecule has 78 valence electrons. The molecule has 1 rings (SSSR count). The Bertz CT molecular complexity index is 244. The fraction of sp³-hybridized carbons (Fsp3) is 1.00. The molecule has 0 bridgehead atoms. The van der Waals surface area contributed by atoms with E-state index < -0.39 is 10.2 Å². The minimum atomic E-state index is -3.56. The molecular formula is C7H16N2O3S. The zero-order valence-corrected chi connectivity index (χ0v) is 8.26. The molecular weight excluding hydrogens is 192 g/mol. The van der Waals surface area contributed by atoms with Crippen LogP contribution in [-0.4, -0.2) is 26.2 Å². The summed E-state index contributed by atoms with van der Waals surface area (Å²) in [6.45, 7) is 0.197. The van der Waals surface area contributed by atoms with Crippen molar-refractivity contribution in [3.63, 3.8) is 0 Å². The summed E-state index contributed by atoms with van der Waals surface area (Å²) in [5.74, 6) is 0.332. The van der Waals surface area contributed by atoms with Crippen molar-refractivity contribution in [2.24, 2.45) is 11.1 Å². The number of nitrogens with two attached hydrogens (primary N) is 1. The van der Waals surface area contributed by atoms with E-state index in [0.717, 1.165) is 25.7 Å². The molecule has 0 radical (unpaired) electrons. The van der Waals surface area contributed by atoms with Crippen molar-refractivity contribution in [3.8, 4) is 0 Å². The number of rotatable bonds is 3. The predicted octanol–water partition coefficient (Wildman–Crippen LogP) is -0.669. The Kier molecular flexibility index (Phi) is 3.66. The van der Waals surface area contributed by atoms with Gasteiger partial charge in [-0.05, 0) is 31.6 Å². The highest BCUT2D eigenvalue weighted by atomic mass is 32.2. The Morgan fingerprint density at radius 1 is 1.31 bits per heavy atom. The summed E-state index contributed by atoms with van der Waals surface area (Å²) < 4.78 is 23.7. The van der Waals surface area contributed by atoms with Gasteiger partial charge in [-0.25, -0.2) is 5.14 Å². The Labute approximate surface area is 78.5 Å². The lowest BCUT2D eigenvalue weighted by molar-refractivity contribution is 0.180. The van der Waals surface area contributed by atoms with Crippen LogP contribution in [0.25, 0.3) is 0 Å². The van der Waals surface area contributed by atoms with Crippen LogP contribution < -0.4 is 9.86 Å². The zero-order valence-electron chi connectivity index (χ0n) is 7.44. The lowest BCUT2D eigenvalue weighted by atomic mass is 9.87. The maximum atomic E-state index is 10.7. The number of aliphatic hydroxyl groups is 1. The molecule has 0 heterocycles. The zero-order chi connectivity index (χ0) is 9.90. The number of nitrogens with one attached hydrogen (secondary N) is 1. The van der Waals surface area contributed by atoms with Crippen molar-refractivity contribution in [1.82, 2.24) is 4.72 Å². The average Bonchev–Trinajstić information content (AvgIpc) is 2.03. The van der Waals surface area contributed by atoms with Gasteiger partial charge in [-0.15, -0.1) is 0 Å². The van der Waals surface area contributed by atoms with Crippen LogP contribution in [-0.2, 0) is 10.2 Å². The van der Waals surface area contributed by atoms with Crippen LogP contribution in [0.2, 0.25) is 0 Å². The van der Waals surface area contributed by atoms with Gasteiger partial charge >= 0.3 is 0 Å². The maximum Gasteiger partial charge on any atom is 0.274 e. The second-order valence-corrected chi connectivity index (χ2v) is 4.89. The molecule has 4 N–H and O–H groups in total. The molecule has 0 atom stereocenters. The summed E-state index contributed by atoms with van der Waals surface area (Å²) in [6, 6.07) is -0.0437. The molecule has 1 aliphatic carbocycles. The van der Waals surface area contributed by atoms with Crippen LogP contribution in [0, 0.1) is 5.92 Å². The minimum absolute atomic E-state index is 0.0437. The fourth-order valence-corrected chi connectivity index (χ4v) is 2.40. The quantitative estimate of drug-likeness (QED) is 0.574. The first-order valence-electron chi connectivity index (χ1n) is 4.42. The van der Waals surface area contributed by atoms with Crippen LogP contribution >= 0.6 is 0 Å². The molecule has 1 fully saturated rings. The van der Waals surface area contributed by atoms with Gasteiger partial charge in [0.05, 0.1) is 0 Å². The van der Waals surface area contributed by atoms with Gasteiger partial charge in [0.2, 0.25) is 0 Å². The van der Waals surface area contributed by atoms with Gasteiger partial charge < -0.3 is 5.11 Å². The van der Waals surface area contributed by atoms with Gasteiger partial charge in [-0.2, -0.15) is 13.1 Å². The first-order valence-corrected chi connectivity index (χ1v) is 5.97. The monoisotopic (exact) mass is 208 g/mol. The molecule has 0 amide bonds. The third-order valence-electron chi connectivity index (χ3n) is 2.44. The number of aliphatic hydroxyl groups excluding tert-OH is 1. The normalized spacial score (nSPS) is 30.3. The molecule has 0 spiro atoms. The average molecular weight is 208 g/mol. The van der Waals surface area contributed by atoms with Gasteiger partial charge in [-0.3, -0.25) is 0 Å². The highest BCUT2D eigenvalue weighted by Crippen LogP contribution is 2.23. The van der Waals surface area contributed by atoms with E-state index in [-0.39, 0.29) is 12.6 Å². The highest BCUT2D eigenvalue weighted by Gasteiger charge is 2.22. The molecule has 0 aromatic heterocycles. The lowest BCUT2D eigenvalue weighted by Gasteiger charge is -2.26. The van der Waals surface area contributed by atoms with Crippen LogP contribution in [0.5, 0.6) is 0 Å². The number of hydrogen-bond donors (Lipinski definition) is 3. The first kappa shape index (κ1) is 10.9. The van der Waals surface area contributed by atoms with Crippen molar-refractivity contribution in [3.05, 3.63) is 0 Å². The molecule has 0 aromatic carbocycles. The topological polar surface area (TPSA) is 92.4 Å². The third kappa shape index (κ3) is 4.04. The maximum absolute atomic E-state index is 10.7. The lowest BCUT2D eigenvalue weighted by Crippen LogP contribution is -2.41. The summed E-state index contributed by atoms with van der Waals surface area (Å²) >= 11 is 0. The van der Waals surface area contributed by atoms with Gasteiger partial charge in [-0.1, -0.05) is 0 Å². The van der Waals surface area contributed by atoms with Gasteiger partial charge in [0.25, 0.3) is 10.2 Å². The van der Waals surface area contributed by atoms with Gasteiger partial charge in [0.1, 0.15) is 0 Å². The molecule has 0 aliphatic heterocycles. The smallest absolute Gasteiger partial charge is 0.274 e. The molecule has 0 saturated heterocycles. The van der Waals surface area contributed by atoms with Gasteiger partial charge in [0.15, 0.2) is 0 Å². The summed E-state index contributed by atoms with van der Waals surface area (Å²) in [5, 5.41) is 13.7. The van der Waals surface area contributed by atoms with E-state index in [4.69, 9.17) is 10.2 Å². The van der Waals surface area contributed by atoms with Crippen molar-refractivity contribution in [2.75, 3.05) is 6.61 Å². The van der Waals surface area contributed by atoms with Crippen LogP contribution in [0.15, 0.2) is 0 Å². The summed E-state index contributed by atoms with van der Waals surface area (Å²) in [6.07, 6.45) is 3.26. The van der Waals surface area contributed by atoms with Crippen molar-refractivity contribution in [1.29, 1.82) is 0 Å². The molecule has 1 saturated carbocycles. The molecule has 0 aromatic rings. The van der Waals surface area contributed by atoms with Crippen molar-refractivity contribution < 1.29 is 13.5 Å². The highest BCUT2D eigenvalue weighted by molar-refractivity contribution is 7.87. The van der Waals surface area contributed by atoms with Gasteiger partial charge in [0, 0.05) is 12.6 Å². The van der Waals surface area contributed by atoms with E-state index in [9.17, 15) is 8.42 Å². The molecule has 6 heteroatoms. The van der Waals surface area contributed by atoms with Crippen LogP contribution in [0.1, 0.15) is 25.7 Å². The molecule has 1 aliphatic rings. The number of hydrogen-bond acceptors (Lipinski definition) is 3. The largest absolute Gasteiger partial charge is 0.396 e. The Morgan fingerprint density at radius 3 is 2.23 bits per heavy atom. The Hall–Kier alpha value is -0.170. The Morgan fingerprint density at radius 2 is 1.85 bits per heavy atom. The van der Waals surface area contributed by atoms with E-state index in [0.29, 0.717) is 5.92 Å². The summed E-state index contributed by atoms with van der Waals surface area (Å²) in [5.41, 5.74) is 0. The summed E-state index contributed by atoms with van der Waals surface area (Å²) in [4.78, 5) is 0. The fourth-order valence-electron chi connectivity index (χ4n) is 1.70. The van der Waals surface area contributed by atoms with E-state index in [1.54, 1.807) is 0 Å². The first-order chi connectivity index (χ1) is 6.01. The van der Waals surface area contributed by atoms with E-state index >= 15 is 0 Å². The Balaban J connectivity index is 2.33. The second kappa shape index (κ2) is 4.36.